The second-order valence-electron chi connectivity index (χ2n) is 6.21. The first kappa shape index (κ1) is 18.2. The summed E-state index contributed by atoms with van der Waals surface area (Å²) in [6, 6.07) is 11.5. The van der Waals surface area contributed by atoms with Gasteiger partial charge in [-0.2, -0.15) is 0 Å². The summed E-state index contributed by atoms with van der Waals surface area (Å²) in [5.41, 5.74) is 0.790. The van der Waals surface area contributed by atoms with Crippen LogP contribution in [0.5, 0.6) is 0 Å². The molecule has 8 heteroatoms. The Morgan fingerprint density at radius 1 is 1.15 bits per heavy atom. The lowest BCUT2D eigenvalue weighted by Crippen LogP contribution is -2.56. The van der Waals surface area contributed by atoms with E-state index in [1.54, 1.807) is 7.05 Å². The number of hydrogen-bond acceptors (Lipinski definition) is 5. The van der Waals surface area contributed by atoms with E-state index in [9.17, 15) is 19.7 Å². The number of pyridine rings is 1. The molecule has 1 aliphatic rings. The van der Waals surface area contributed by atoms with Gasteiger partial charge in [-0.3, -0.25) is 19.7 Å². The van der Waals surface area contributed by atoms with Gasteiger partial charge in [-0.15, -0.1) is 0 Å². The van der Waals surface area contributed by atoms with Crippen molar-refractivity contribution in [1.29, 1.82) is 0 Å². The maximum atomic E-state index is 12.8. The highest BCUT2D eigenvalue weighted by molar-refractivity contribution is 6.07. The molecule has 0 spiro atoms. The highest BCUT2D eigenvalue weighted by Crippen LogP contribution is 2.25. The third-order valence-electron chi connectivity index (χ3n) is 4.54. The fourth-order valence-electron chi connectivity index (χ4n) is 3.00. The lowest BCUT2D eigenvalue weighted by molar-refractivity contribution is -0.385. The molecule has 1 aliphatic heterocycles. The average Bonchev–Trinajstić information content (AvgIpc) is 2.68. The van der Waals surface area contributed by atoms with Crippen LogP contribution in [0.3, 0.4) is 0 Å². The van der Waals surface area contributed by atoms with Gasteiger partial charge < -0.3 is 9.80 Å². The first-order valence-electron chi connectivity index (χ1n) is 8.30. The molecular formula is C19H18N4O4. The Bertz CT molecular complexity index is 926. The maximum absolute atomic E-state index is 12.8. The summed E-state index contributed by atoms with van der Waals surface area (Å²) >= 11 is 0. The number of piperazine rings is 1. The fraction of sp³-hybridized carbons (Fsp3) is 0.211. The molecule has 1 aromatic heterocycles. The van der Waals surface area contributed by atoms with E-state index in [4.69, 9.17) is 0 Å². The Morgan fingerprint density at radius 2 is 1.85 bits per heavy atom. The van der Waals surface area contributed by atoms with E-state index in [-0.39, 0.29) is 23.0 Å². The molecule has 1 atom stereocenters. The molecule has 8 nitrogen and oxygen atoms in total. The van der Waals surface area contributed by atoms with Crippen LogP contribution in [0, 0.1) is 10.1 Å². The number of hydrogen-bond donors (Lipinski definition) is 0. The number of likely N-dealkylation sites (N-methyl/N-ethyl adjacent to an activating group) is 2. The first-order chi connectivity index (χ1) is 12.9. The maximum Gasteiger partial charge on any atom is 0.294 e. The molecule has 1 fully saturated rings. The van der Waals surface area contributed by atoms with Gasteiger partial charge in [-0.1, -0.05) is 30.3 Å². The number of carbonyl (C=O) groups is 2. The SMILES string of the molecule is CN1C(=O)C(Cc2ccccc2)N(C)C(=O)/C1=C\c1ncccc1[N+](=O)[O-]. The third-order valence-corrected chi connectivity index (χ3v) is 4.54. The van der Waals surface area contributed by atoms with Crippen LogP contribution in [0.25, 0.3) is 6.08 Å². The molecule has 0 radical (unpaired) electrons. The number of nitro groups is 1. The zero-order valence-corrected chi connectivity index (χ0v) is 14.9. The van der Waals surface area contributed by atoms with Crippen LogP contribution in [0.4, 0.5) is 5.69 Å². The molecule has 1 unspecified atom stereocenters. The van der Waals surface area contributed by atoms with Crippen molar-refractivity contribution >= 4 is 23.6 Å². The molecule has 1 saturated heterocycles. The van der Waals surface area contributed by atoms with Crippen molar-refractivity contribution in [3.8, 4) is 0 Å². The van der Waals surface area contributed by atoms with Gasteiger partial charge in [0.05, 0.1) is 4.92 Å². The van der Waals surface area contributed by atoms with Crippen LogP contribution >= 0.6 is 0 Å². The van der Waals surface area contributed by atoms with Crippen molar-refractivity contribution in [3.05, 3.63) is 75.7 Å². The van der Waals surface area contributed by atoms with E-state index in [1.165, 1.54) is 41.3 Å². The van der Waals surface area contributed by atoms with E-state index in [2.05, 4.69) is 4.98 Å². The highest BCUT2D eigenvalue weighted by Gasteiger charge is 2.39. The first-order valence-corrected chi connectivity index (χ1v) is 8.30. The predicted molar refractivity (Wildman–Crippen MR) is 98.3 cm³/mol. The number of nitrogens with zero attached hydrogens (tertiary/aromatic N) is 4. The standard InChI is InChI=1S/C19H18N4O4/c1-21-16(11-13-7-4-3-5-8-13)18(24)22(2)17(19(21)25)12-14-15(23(26)27)9-6-10-20-14/h3-10,12,16H,11H2,1-2H3/b17-12+. The quantitative estimate of drug-likeness (QED) is 0.467. The second-order valence-corrected chi connectivity index (χ2v) is 6.21. The van der Waals surface area contributed by atoms with Gasteiger partial charge in [-0.05, 0) is 11.6 Å². The Labute approximate surface area is 155 Å². The van der Waals surface area contributed by atoms with Crippen LogP contribution in [-0.4, -0.2) is 51.7 Å². The van der Waals surface area contributed by atoms with Gasteiger partial charge >= 0.3 is 0 Å². The number of amides is 2. The van der Waals surface area contributed by atoms with Gasteiger partial charge in [0.25, 0.3) is 11.6 Å². The summed E-state index contributed by atoms with van der Waals surface area (Å²) in [6.45, 7) is 0. The van der Waals surface area contributed by atoms with Gasteiger partial charge in [0.1, 0.15) is 17.4 Å². The monoisotopic (exact) mass is 366 g/mol. The molecule has 2 amide bonds. The van der Waals surface area contributed by atoms with Crippen molar-refractivity contribution in [2.75, 3.05) is 14.1 Å². The lowest BCUT2D eigenvalue weighted by Gasteiger charge is -2.38. The molecule has 27 heavy (non-hydrogen) atoms. The summed E-state index contributed by atoms with van der Waals surface area (Å²) in [5, 5.41) is 11.2. The van der Waals surface area contributed by atoms with Crippen LogP contribution in [0.15, 0.2) is 54.4 Å². The van der Waals surface area contributed by atoms with E-state index in [1.807, 2.05) is 30.3 Å². The Hall–Kier alpha value is -3.55. The predicted octanol–water partition coefficient (Wildman–Crippen LogP) is 1.87. The second kappa shape index (κ2) is 7.36. The van der Waals surface area contributed by atoms with Gasteiger partial charge in [0.15, 0.2) is 0 Å². The number of rotatable bonds is 4. The topological polar surface area (TPSA) is 96.7 Å². The molecule has 1 aromatic carbocycles. The smallest absolute Gasteiger partial charge is 0.294 e. The Morgan fingerprint density at radius 3 is 2.52 bits per heavy atom. The largest absolute Gasteiger partial charge is 0.328 e. The fourth-order valence-corrected chi connectivity index (χ4v) is 3.00. The van der Waals surface area contributed by atoms with Gasteiger partial charge in [0.2, 0.25) is 5.91 Å². The highest BCUT2D eigenvalue weighted by atomic mass is 16.6. The van der Waals surface area contributed by atoms with Gasteiger partial charge in [0, 0.05) is 38.9 Å². The minimum absolute atomic E-state index is 0.0282. The molecule has 2 aromatic rings. The third kappa shape index (κ3) is 3.55. The normalized spacial score (nSPS) is 18.9. The van der Waals surface area contributed by atoms with E-state index in [0.717, 1.165) is 5.56 Å². The number of benzene rings is 1. The van der Waals surface area contributed by atoms with Crippen molar-refractivity contribution in [3.63, 3.8) is 0 Å². The summed E-state index contributed by atoms with van der Waals surface area (Å²) in [4.78, 5) is 42.9. The summed E-state index contributed by atoms with van der Waals surface area (Å²) in [6.07, 6.45) is 3.08. The summed E-state index contributed by atoms with van der Waals surface area (Å²) < 4.78 is 0. The summed E-state index contributed by atoms with van der Waals surface area (Å²) in [7, 11) is 3.05. The van der Waals surface area contributed by atoms with Crippen LogP contribution in [0.2, 0.25) is 0 Å². The van der Waals surface area contributed by atoms with Crippen LogP contribution in [-0.2, 0) is 16.0 Å². The van der Waals surface area contributed by atoms with Crippen LogP contribution in [0.1, 0.15) is 11.3 Å². The van der Waals surface area contributed by atoms with Crippen molar-refractivity contribution < 1.29 is 14.5 Å². The molecule has 0 aliphatic carbocycles. The van der Waals surface area contributed by atoms with E-state index in [0.29, 0.717) is 6.42 Å². The number of carbonyl (C=O) groups excluding carboxylic acids is 2. The summed E-state index contributed by atoms with van der Waals surface area (Å²) in [5.74, 6) is -0.649. The molecular weight excluding hydrogens is 348 g/mol. The van der Waals surface area contributed by atoms with Crippen molar-refractivity contribution in [2.24, 2.45) is 0 Å². The minimum atomic E-state index is -0.638. The Kier molecular flexibility index (Phi) is 4.98. The molecule has 3 rings (SSSR count). The molecule has 0 saturated carbocycles. The Balaban J connectivity index is 1.94. The minimum Gasteiger partial charge on any atom is -0.328 e. The van der Waals surface area contributed by atoms with Gasteiger partial charge in [-0.25, -0.2) is 4.98 Å². The zero-order valence-electron chi connectivity index (χ0n) is 14.9. The van der Waals surface area contributed by atoms with Crippen molar-refractivity contribution in [2.45, 2.75) is 12.5 Å². The van der Waals surface area contributed by atoms with Crippen LogP contribution < -0.4 is 0 Å². The molecule has 0 N–H and O–H groups in total. The molecule has 138 valence electrons. The van der Waals surface area contributed by atoms with E-state index < -0.39 is 16.9 Å². The molecule has 0 bridgehead atoms. The number of aromatic nitrogens is 1. The van der Waals surface area contributed by atoms with Crippen molar-refractivity contribution in [1.82, 2.24) is 14.8 Å². The van der Waals surface area contributed by atoms with E-state index >= 15 is 0 Å². The lowest BCUT2D eigenvalue weighted by atomic mass is 10.0. The average molecular weight is 366 g/mol. The molecule has 2 heterocycles. The zero-order chi connectivity index (χ0) is 19.6.